The van der Waals surface area contributed by atoms with Crippen molar-refractivity contribution in [3.63, 3.8) is 0 Å². The Morgan fingerprint density at radius 1 is 1.05 bits per heavy atom. The second-order valence-corrected chi connectivity index (χ2v) is 12.7. The van der Waals surface area contributed by atoms with Gasteiger partial charge in [0.2, 0.25) is 12.7 Å². The van der Waals surface area contributed by atoms with Gasteiger partial charge in [0.25, 0.3) is 0 Å². The van der Waals surface area contributed by atoms with Crippen LogP contribution in [-0.4, -0.2) is 62.0 Å². The summed E-state index contributed by atoms with van der Waals surface area (Å²) in [6.07, 6.45) is 10.9. The lowest BCUT2D eigenvalue weighted by Crippen LogP contribution is -2.49. The van der Waals surface area contributed by atoms with Crippen molar-refractivity contribution >= 4 is 40.6 Å². The Morgan fingerprint density at radius 2 is 1.77 bits per heavy atom. The van der Waals surface area contributed by atoms with Gasteiger partial charge in [-0.2, -0.15) is 0 Å². The van der Waals surface area contributed by atoms with Crippen molar-refractivity contribution in [1.82, 2.24) is 4.90 Å². The zero-order valence-electron chi connectivity index (χ0n) is 23.9. The van der Waals surface area contributed by atoms with Crippen LogP contribution in [0.2, 0.25) is 0 Å². The van der Waals surface area contributed by atoms with Gasteiger partial charge in [-0.25, -0.2) is 9.59 Å². The second-order valence-electron chi connectivity index (χ2n) is 11.6. The topological polar surface area (TPSA) is 85.4 Å². The summed E-state index contributed by atoms with van der Waals surface area (Å²) in [4.78, 5) is 45.1. The molecule has 39 heavy (non-hydrogen) atoms. The zero-order chi connectivity index (χ0) is 27.9. The van der Waals surface area contributed by atoms with Crippen molar-refractivity contribution in [2.45, 2.75) is 97.1 Å². The molecule has 0 N–H and O–H groups in total. The lowest BCUT2D eigenvalue weighted by molar-refractivity contribution is -0.124. The molecule has 0 atom stereocenters. The first kappa shape index (κ1) is 29.6. The molecule has 0 spiro atoms. The summed E-state index contributed by atoms with van der Waals surface area (Å²) in [5.74, 6) is 0.156. The van der Waals surface area contributed by atoms with Gasteiger partial charge in [-0.05, 0) is 116 Å². The lowest BCUT2D eigenvalue weighted by atomic mass is 9.82. The molecule has 1 aromatic heterocycles. The highest BCUT2D eigenvalue weighted by molar-refractivity contribution is 7.15. The molecule has 9 heteroatoms. The van der Waals surface area contributed by atoms with Crippen LogP contribution in [0, 0.1) is 11.8 Å². The summed E-state index contributed by atoms with van der Waals surface area (Å²) >= 11 is 1.38. The number of nitrogens with zero attached hydrogens (tertiary/aromatic N) is 2. The van der Waals surface area contributed by atoms with Crippen molar-refractivity contribution in [3.05, 3.63) is 21.9 Å². The van der Waals surface area contributed by atoms with Crippen LogP contribution in [0.4, 0.5) is 10.5 Å². The molecular weight excluding hydrogens is 516 g/mol. The van der Waals surface area contributed by atoms with E-state index in [1.165, 1.54) is 23.3 Å². The zero-order valence-corrected chi connectivity index (χ0v) is 24.7. The first-order valence-electron chi connectivity index (χ1n) is 14.6. The molecule has 0 aromatic carbocycles. The predicted molar refractivity (Wildman–Crippen MR) is 153 cm³/mol. The highest BCUT2D eigenvalue weighted by Crippen LogP contribution is 2.41. The van der Waals surface area contributed by atoms with Gasteiger partial charge >= 0.3 is 12.1 Å². The molecule has 2 heterocycles. The van der Waals surface area contributed by atoms with Crippen LogP contribution in [0.25, 0.3) is 5.57 Å². The second kappa shape index (κ2) is 13.8. The van der Waals surface area contributed by atoms with Crippen molar-refractivity contribution in [2.75, 3.05) is 31.8 Å². The van der Waals surface area contributed by atoms with E-state index in [-0.39, 0.29) is 24.0 Å². The number of piperidine rings is 1. The summed E-state index contributed by atoms with van der Waals surface area (Å²) < 4.78 is 15.3. The van der Waals surface area contributed by atoms with E-state index in [0.717, 1.165) is 75.8 Å². The van der Waals surface area contributed by atoms with Gasteiger partial charge in [-0.3, -0.25) is 4.79 Å². The van der Waals surface area contributed by atoms with E-state index in [0.29, 0.717) is 16.5 Å². The average molecular weight is 561 g/mol. The Labute approximate surface area is 236 Å². The van der Waals surface area contributed by atoms with Gasteiger partial charge in [-0.15, -0.1) is 11.3 Å². The molecule has 1 aliphatic heterocycles. The van der Waals surface area contributed by atoms with E-state index in [1.807, 2.05) is 11.0 Å². The van der Waals surface area contributed by atoms with Crippen LogP contribution in [0.5, 0.6) is 0 Å². The SMILES string of the molecule is CC1CCC(C(=O)N(c2cc(C3=CCCCC3)sc2C(=O)OCOC(=O)OC(C)C)C2CCN(C)CC2)CC1. The first-order chi connectivity index (χ1) is 18.7. The third-order valence-electron chi connectivity index (χ3n) is 8.12. The molecule has 1 saturated heterocycles. The van der Waals surface area contributed by atoms with Crippen molar-refractivity contribution in [2.24, 2.45) is 11.8 Å². The number of esters is 1. The minimum Gasteiger partial charge on any atom is -0.431 e. The maximum absolute atomic E-state index is 14.2. The van der Waals surface area contributed by atoms with E-state index >= 15 is 0 Å². The summed E-state index contributed by atoms with van der Waals surface area (Å²) in [7, 11) is 2.11. The average Bonchev–Trinajstić information content (AvgIpc) is 3.35. The molecule has 4 rings (SSSR count). The molecule has 2 aliphatic carbocycles. The smallest absolute Gasteiger partial charge is 0.431 e. The number of likely N-dealkylation sites (tertiary alicyclic amines) is 1. The molecular formula is C30H44N2O6S. The first-order valence-corrected chi connectivity index (χ1v) is 15.4. The third kappa shape index (κ3) is 7.84. The molecule has 2 fully saturated rings. The van der Waals surface area contributed by atoms with Crippen molar-refractivity contribution in [3.8, 4) is 0 Å². The Balaban J connectivity index is 1.64. The molecule has 0 unspecified atom stereocenters. The van der Waals surface area contributed by atoms with E-state index < -0.39 is 18.9 Å². The van der Waals surface area contributed by atoms with Gasteiger partial charge in [0.15, 0.2) is 0 Å². The van der Waals surface area contributed by atoms with E-state index in [9.17, 15) is 14.4 Å². The number of carbonyl (C=O) groups is 3. The van der Waals surface area contributed by atoms with Crippen molar-refractivity contribution < 1.29 is 28.6 Å². The summed E-state index contributed by atoms with van der Waals surface area (Å²) in [6.45, 7) is 6.96. The maximum atomic E-state index is 14.2. The standard InChI is InChI=1S/C30H44N2O6S/c1-20(2)38-30(35)37-19-36-29(34)27-25(18-26(39-27)22-8-6-5-7-9-22)32(24-14-16-31(4)17-15-24)28(33)23-12-10-21(3)11-13-23/h8,18,20-21,23-24H,5-7,9-17,19H2,1-4H3. The summed E-state index contributed by atoms with van der Waals surface area (Å²) in [6, 6.07) is 2.06. The van der Waals surface area contributed by atoms with Crippen LogP contribution in [-0.2, 0) is 19.0 Å². The van der Waals surface area contributed by atoms with Gasteiger partial charge < -0.3 is 24.0 Å². The number of amides is 1. The summed E-state index contributed by atoms with van der Waals surface area (Å²) in [5, 5.41) is 0. The third-order valence-corrected chi connectivity index (χ3v) is 9.30. The fourth-order valence-corrected chi connectivity index (χ4v) is 6.91. The van der Waals surface area contributed by atoms with Crippen LogP contribution in [0.3, 0.4) is 0 Å². The molecule has 1 saturated carbocycles. The quantitative estimate of drug-likeness (QED) is 0.260. The van der Waals surface area contributed by atoms with Gasteiger partial charge in [0.1, 0.15) is 4.88 Å². The number of allylic oxidation sites excluding steroid dienone is 2. The number of carbonyl (C=O) groups excluding carboxylic acids is 3. The molecule has 3 aliphatic rings. The largest absolute Gasteiger partial charge is 0.511 e. The Bertz CT molecular complexity index is 1030. The minimum absolute atomic E-state index is 0.0275. The molecule has 1 amide bonds. The Morgan fingerprint density at radius 3 is 2.41 bits per heavy atom. The number of anilines is 1. The Kier molecular flexibility index (Phi) is 10.5. The summed E-state index contributed by atoms with van der Waals surface area (Å²) in [5.41, 5.74) is 1.87. The van der Waals surface area contributed by atoms with Crippen LogP contribution in [0.15, 0.2) is 12.1 Å². The highest BCUT2D eigenvalue weighted by Gasteiger charge is 2.37. The number of hydrogen-bond acceptors (Lipinski definition) is 8. The fourth-order valence-electron chi connectivity index (χ4n) is 5.80. The fraction of sp³-hybridized carbons (Fsp3) is 0.700. The van der Waals surface area contributed by atoms with Crippen LogP contribution < -0.4 is 4.90 Å². The van der Waals surface area contributed by atoms with Crippen molar-refractivity contribution in [1.29, 1.82) is 0 Å². The van der Waals surface area contributed by atoms with E-state index in [1.54, 1.807) is 13.8 Å². The van der Waals surface area contributed by atoms with E-state index in [4.69, 9.17) is 14.2 Å². The highest BCUT2D eigenvalue weighted by atomic mass is 32.1. The van der Waals surface area contributed by atoms with Gasteiger partial charge in [0.05, 0.1) is 11.8 Å². The van der Waals surface area contributed by atoms with Crippen LogP contribution >= 0.6 is 11.3 Å². The number of hydrogen-bond donors (Lipinski definition) is 0. The van der Waals surface area contributed by atoms with Crippen LogP contribution in [0.1, 0.15) is 99.5 Å². The van der Waals surface area contributed by atoms with E-state index in [2.05, 4.69) is 24.9 Å². The molecule has 8 nitrogen and oxygen atoms in total. The molecule has 0 radical (unpaired) electrons. The number of thiophene rings is 1. The van der Waals surface area contributed by atoms with Gasteiger partial charge in [0, 0.05) is 16.8 Å². The van der Waals surface area contributed by atoms with Gasteiger partial charge in [-0.1, -0.05) is 13.0 Å². The normalized spacial score (nSPS) is 22.7. The number of rotatable bonds is 8. The maximum Gasteiger partial charge on any atom is 0.511 e. The minimum atomic E-state index is -0.882. The molecule has 1 aromatic rings. The number of ether oxygens (including phenoxy) is 3. The Hall–Kier alpha value is -2.39. The monoisotopic (exact) mass is 560 g/mol. The molecule has 0 bridgehead atoms. The molecule has 216 valence electrons. The predicted octanol–water partition coefficient (Wildman–Crippen LogP) is 6.63. The lowest BCUT2D eigenvalue weighted by Gasteiger charge is -2.40.